The Kier molecular flexibility index (Phi) is 2.28. The van der Waals surface area contributed by atoms with Gasteiger partial charge < -0.3 is 14.9 Å². The largest absolute Gasteiger partial charge is 0.326 e. The minimum Gasteiger partial charge on any atom is -0.326 e. The molecule has 0 aromatic carbocycles. The van der Waals surface area contributed by atoms with Gasteiger partial charge in [0.2, 0.25) is 0 Å². The van der Waals surface area contributed by atoms with Crippen LogP contribution >= 0.6 is 0 Å². The maximum Gasteiger partial charge on any atom is 0.152 e. The Bertz CT molecular complexity index is 415. The van der Waals surface area contributed by atoms with Crippen LogP contribution in [-0.2, 0) is 20.1 Å². The Morgan fingerprint density at radius 2 is 2.29 bits per heavy atom. The van der Waals surface area contributed by atoms with Crippen molar-refractivity contribution in [2.75, 3.05) is 0 Å². The number of aromatic nitrogens is 5. The van der Waals surface area contributed by atoms with Crippen molar-refractivity contribution in [2.24, 2.45) is 12.8 Å². The van der Waals surface area contributed by atoms with Gasteiger partial charge in [-0.05, 0) is 0 Å². The van der Waals surface area contributed by atoms with E-state index in [2.05, 4.69) is 15.2 Å². The zero-order valence-electron chi connectivity index (χ0n) is 7.96. The van der Waals surface area contributed by atoms with Gasteiger partial charge in [0, 0.05) is 19.4 Å². The highest BCUT2D eigenvalue weighted by Gasteiger charge is 2.04. The van der Waals surface area contributed by atoms with Crippen molar-refractivity contribution < 1.29 is 0 Å². The third-order valence-electron chi connectivity index (χ3n) is 2.10. The number of imidazole rings is 1. The van der Waals surface area contributed by atoms with E-state index >= 15 is 0 Å². The summed E-state index contributed by atoms with van der Waals surface area (Å²) in [7, 11) is 1.91. The molecule has 2 rings (SSSR count). The van der Waals surface area contributed by atoms with Crippen molar-refractivity contribution in [1.29, 1.82) is 0 Å². The number of nitrogens with two attached hydrogens (primary N) is 1. The molecule has 0 aliphatic carbocycles. The average Bonchev–Trinajstić information content (AvgIpc) is 2.77. The van der Waals surface area contributed by atoms with Crippen molar-refractivity contribution in [1.82, 2.24) is 24.3 Å². The predicted molar refractivity (Wildman–Crippen MR) is 50.2 cm³/mol. The Hall–Kier alpha value is -1.69. The van der Waals surface area contributed by atoms with Gasteiger partial charge in [-0.25, -0.2) is 4.98 Å². The number of aryl methyl sites for hydroxylation is 1. The van der Waals surface area contributed by atoms with Crippen molar-refractivity contribution in [3.8, 4) is 0 Å². The van der Waals surface area contributed by atoms with E-state index in [0.717, 1.165) is 11.6 Å². The second kappa shape index (κ2) is 3.59. The zero-order valence-corrected chi connectivity index (χ0v) is 7.96. The molecule has 2 aromatic heterocycles. The molecule has 0 aliphatic rings. The van der Waals surface area contributed by atoms with Gasteiger partial charge in [0.1, 0.15) is 12.2 Å². The van der Waals surface area contributed by atoms with Crippen molar-refractivity contribution in [3.63, 3.8) is 0 Å². The lowest BCUT2D eigenvalue weighted by Crippen LogP contribution is -2.11. The fourth-order valence-electron chi connectivity index (χ4n) is 1.28. The average molecular weight is 192 g/mol. The predicted octanol–water partition coefficient (Wildman–Crippen LogP) is -0.481. The van der Waals surface area contributed by atoms with Gasteiger partial charge in [-0.1, -0.05) is 0 Å². The molecule has 0 spiro atoms. The van der Waals surface area contributed by atoms with E-state index in [-0.39, 0.29) is 0 Å². The number of hydrogen-bond donors (Lipinski definition) is 1. The molecule has 0 bridgehead atoms. The Balaban J connectivity index is 2.22. The SMILES string of the molecule is Cn1cnnc1Cn1ccnc1CN. The van der Waals surface area contributed by atoms with Crippen molar-refractivity contribution >= 4 is 0 Å². The lowest BCUT2D eigenvalue weighted by Gasteiger charge is -2.04. The van der Waals surface area contributed by atoms with Crippen LogP contribution in [0.5, 0.6) is 0 Å². The van der Waals surface area contributed by atoms with Gasteiger partial charge in [-0.3, -0.25) is 0 Å². The van der Waals surface area contributed by atoms with Crippen molar-refractivity contribution in [3.05, 3.63) is 30.4 Å². The summed E-state index contributed by atoms with van der Waals surface area (Å²) < 4.78 is 3.84. The van der Waals surface area contributed by atoms with E-state index in [0.29, 0.717) is 13.1 Å². The molecule has 0 atom stereocenters. The van der Waals surface area contributed by atoms with Crippen LogP contribution in [-0.4, -0.2) is 24.3 Å². The van der Waals surface area contributed by atoms with Crippen LogP contribution < -0.4 is 5.73 Å². The zero-order chi connectivity index (χ0) is 9.97. The topological polar surface area (TPSA) is 74.5 Å². The Morgan fingerprint density at radius 3 is 2.93 bits per heavy atom. The van der Waals surface area contributed by atoms with Crippen LogP contribution in [0.3, 0.4) is 0 Å². The van der Waals surface area contributed by atoms with Crippen LogP contribution in [0.4, 0.5) is 0 Å². The second-order valence-electron chi connectivity index (χ2n) is 3.03. The fourth-order valence-corrected chi connectivity index (χ4v) is 1.28. The van der Waals surface area contributed by atoms with E-state index in [9.17, 15) is 0 Å². The number of nitrogens with zero attached hydrogens (tertiary/aromatic N) is 5. The molecule has 0 aliphatic heterocycles. The fraction of sp³-hybridized carbons (Fsp3) is 0.375. The van der Waals surface area contributed by atoms with E-state index < -0.39 is 0 Å². The molecule has 6 heteroatoms. The first kappa shape index (κ1) is 8.89. The molecule has 2 heterocycles. The molecule has 0 radical (unpaired) electrons. The maximum absolute atomic E-state index is 5.54. The molecule has 0 unspecified atom stereocenters. The minimum atomic E-state index is 0.435. The highest BCUT2D eigenvalue weighted by molar-refractivity contribution is 4.96. The normalized spacial score (nSPS) is 10.7. The molecule has 0 fully saturated rings. The quantitative estimate of drug-likeness (QED) is 0.712. The molecular weight excluding hydrogens is 180 g/mol. The molecule has 0 saturated carbocycles. The highest BCUT2D eigenvalue weighted by atomic mass is 15.3. The summed E-state index contributed by atoms with van der Waals surface area (Å²) in [5, 5.41) is 7.80. The standard InChI is InChI=1S/C8H12N6/c1-13-6-11-12-8(13)5-14-3-2-10-7(14)4-9/h2-3,6H,4-5,9H2,1H3. The first-order valence-corrected chi connectivity index (χ1v) is 4.34. The molecule has 2 aromatic rings. The smallest absolute Gasteiger partial charge is 0.152 e. The molecular formula is C8H12N6. The van der Waals surface area contributed by atoms with E-state index in [1.54, 1.807) is 12.5 Å². The van der Waals surface area contributed by atoms with Crippen LogP contribution in [0.15, 0.2) is 18.7 Å². The van der Waals surface area contributed by atoms with Gasteiger partial charge in [0.05, 0.1) is 13.1 Å². The first-order valence-electron chi connectivity index (χ1n) is 4.34. The summed E-state index contributed by atoms with van der Waals surface area (Å²) in [5.74, 6) is 1.74. The van der Waals surface area contributed by atoms with Gasteiger partial charge in [-0.2, -0.15) is 0 Å². The summed E-state index contributed by atoms with van der Waals surface area (Å²) in [4.78, 5) is 4.13. The Morgan fingerprint density at radius 1 is 1.43 bits per heavy atom. The number of rotatable bonds is 3. The van der Waals surface area contributed by atoms with Crippen LogP contribution in [0.25, 0.3) is 0 Å². The van der Waals surface area contributed by atoms with Crippen LogP contribution in [0.1, 0.15) is 11.6 Å². The molecule has 0 amide bonds. The van der Waals surface area contributed by atoms with Crippen LogP contribution in [0, 0.1) is 0 Å². The molecule has 2 N–H and O–H groups in total. The van der Waals surface area contributed by atoms with E-state index in [1.807, 2.05) is 22.4 Å². The third-order valence-corrected chi connectivity index (χ3v) is 2.10. The summed E-state index contributed by atoms with van der Waals surface area (Å²) in [6.45, 7) is 1.09. The summed E-state index contributed by atoms with van der Waals surface area (Å²) in [6.07, 6.45) is 5.30. The van der Waals surface area contributed by atoms with E-state index in [1.165, 1.54) is 0 Å². The highest BCUT2D eigenvalue weighted by Crippen LogP contribution is 2.01. The minimum absolute atomic E-state index is 0.435. The molecule has 0 saturated heterocycles. The first-order chi connectivity index (χ1) is 6.81. The van der Waals surface area contributed by atoms with Gasteiger partial charge in [-0.15, -0.1) is 10.2 Å². The number of hydrogen-bond acceptors (Lipinski definition) is 4. The molecule has 14 heavy (non-hydrogen) atoms. The Labute approximate surface area is 81.4 Å². The molecule has 6 nitrogen and oxygen atoms in total. The van der Waals surface area contributed by atoms with Gasteiger partial charge in [0.25, 0.3) is 0 Å². The lowest BCUT2D eigenvalue weighted by molar-refractivity contribution is 0.661. The van der Waals surface area contributed by atoms with Gasteiger partial charge in [0.15, 0.2) is 5.82 Å². The summed E-state index contributed by atoms with van der Waals surface area (Å²) in [5.41, 5.74) is 5.54. The summed E-state index contributed by atoms with van der Waals surface area (Å²) >= 11 is 0. The van der Waals surface area contributed by atoms with Gasteiger partial charge >= 0.3 is 0 Å². The monoisotopic (exact) mass is 192 g/mol. The lowest BCUT2D eigenvalue weighted by atomic mass is 10.5. The molecule has 74 valence electrons. The maximum atomic E-state index is 5.54. The second-order valence-corrected chi connectivity index (χ2v) is 3.03. The van der Waals surface area contributed by atoms with Crippen molar-refractivity contribution in [2.45, 2.75) is 13.1 Å². The van der Waals surface area contributed by atoms with E-state index in [4.69, 9.17) is 5.73 Å². The third kappa shape index (κ3) is 1.51. The summed E-state index contributed by atoms with van der Waals surface area (Å²) in [6, 6.07) is 0. The van der Waals surface area contributed by atoms with Crippen LogP contribution in [0.2, 0.25) is 0 Å².